The van der Waals surface area contributed by atoms with Crippen molar-refractivity contribution in [2.75, 3.05) is 20.2 Å². The standard InChI is InChI=1S/C25H30N4O2S/c1-15-21-16(2)26-23(17-8-9-17)28-25(21)32-22(15)24(30)27-19-10-12-29(13-11-19)14-18-6-4-5-7-20(18)31-3/h4-7,17,19H,8-14H2,1-3H3,(H,27,30). The Balaban J connectivity index is 1.23. The number of ether oxygens (including phenoxy) is 1. The molecular formula is C25H30N4O2S. The molecule has 1 amide bonds. The molecular weight excluding hydrogens is 420 g/mol. The molecule has 1 aliphatic carbocycles. The van der Waals surface area contributed by atoms with E-state index in [2.05, 4.69) is 22.3 Å². The zero-order valence-corrected chi connectivity index (χ0v) is 19.8. The molecule has 1 saturated carbocycles. The van der Waals surface area contributed by atoms with Crippen LogP contribution in [0.5, 0.6) is 5.75 Å². The van der Waals surface area contributed by atoms with E-state index < -0.39 is 0 Å². The SMILES string of the molecule is COc1ccccc1CN1CCC(NC(=O)c2sc3nc(C4CC4)nc(C)c3c2C)CC1. The first kappa shape index (κ1) is 21.3. The van der Waals surface area contributed by atoms with Gasteiger partial charge in [0, 0.05) is 42.5 Å². The van der Waals surface area contributed by atoms with E-state index >= 15 is 0 Å². The normalized spacial score (nSPS) is 17.6. The van der Waals surface area contributed by atoms with Gasteiger partial charge in [0.25, 0.3) is 5.91 Å². The maximum Gasteiger partial charge on any atom is 0.261 e. The Kier molecular flexibility index (Phi) is 5.86. The molecule has 0 spiro atoms. The number of methoxy groups -OCH3 is 1. The summed E-state index contributed by atoms with van der Waals surface area (Å²) in [4.78, 5) is 26.8. The lowest BCUT2D eigenvalue weighted by molar-refractivity contribution is 0.0912. The number of aromatic nitrogens is 2. The summed E-state index contributed by atoms with van der Waals surface area (Å²) < 4.78 is 5.49. The summed E-state index contributed by atoms with van der Waals surface area (Å²) >= 11 is 1.51. The number of hydrogen-bond donors (Lipinski definition) is 1. The van der Waals surface area contributed by atoms with Crippen molar-refractivity contribution >= 4 is 27.5 Å². The lowest BCUT2D eigenvalue weighted by Crippen LogP contribution is -2.44. The van der Waals surface area contributed by atoms with Gasteiger partial charge < -0.3 is 10.1 Å². The molecule has 1 saturated heterocycles. The van der Waals surface area contributed by atoms with E-state index in [1.807, 2.05) is 26.0 Å². The molecule has 1 aliphatic heterocycles. The summed E-state index contributed by atoms with van der Waals surface area (Å²) in [5, 5.41) is 4.34. The van der Waals surface area contributed by atoms with E-state index in [0.29, 0.717) is 5.92 Å². The van der Waals surface area contributed by atoms with E-state index in [1.54, 1.807) is 7.11 Å². The molecule has 2 aliphatic rings. The third-order valence-corrected chi connectivity index (χ3v) is 7.83. The fourth-order valence-corrected chi connectivity index (χ4v) is 5.80. The maximum atomic E-state index is 13.1. The van der Waals surface area contributed by atoms with Crippen LogP contribution in [0, 0.1) is 13.8 Å². The largest absolute Gasteiger partial charge is 0.496 e. The highest BCUT2D eigenvalue weighted by Gasteiger charge is 2.29. The summed E-state index contributed by atoms with van der Waals surface area (Å²) in [7, 11) is 1.72. The lowest BCUT2D eigenvalue weighted by Gasteiger charge is -2.32. The van der Waals surface area contributed by atoms with Crippen LogP contribution in [0.2, 0.25) is 0 Å². The number of para-hydroxylation sites is 1. The van der Waals surface area contributed by atoms with Crippen LogP contribution in [0.4, 0.5) is 0 Å². The van der Waals surface area contributed by atoms with Gasteiger partial charge in [-0.2, -0.15) is 0 Å². The second-order valence-corrected chi connectivity index (χ2v) is 10.0. The zero-order chi connectivity index (χ0) is 22.2. The molecule has 0 atom stereocenters. The lowest BCUT2D eigenvalue weighted by atomic mass is 10.0. The number of benzene rings is 1. The highest BCUT2D eigenvalue weighted by Crippen LogP contribution is 2.40. The van der Waals surface area contributed by atoms with Gasteiger partial charge in [0.05, 0.1) is 17.7 Å². The fraction of sp³-hybridized carbons (Fsp3) is 0.480. The van der Waals surface area contributed by atoms with E-state index in [0.717, 1.165) is 70.4 Å². The Morgan fingerprint density at radius 1 is 1.16 bits per heavy atom. The van der Waals surface area contributed by atoms with Crippen molar-refractivity contribution in [1.82, 2.24) is 20.2 Å². The zero-order valence-electron chi connectivity index (χ0n) is 19.0. The maximum absolute atomic E-state index is 13.1. The number of rotatable bonds is 6. The summed E-state index contributed by atoms with van der Waals surface area (Å²) in [5.74, 6) is 2.43. The number of thiophene rings is 1. The number of likely N-dealkylation sites (tertiary alicyclic amines) is 1. The van der Waals surface area contributed by atoms with Crippen LogP contribution in [-0.4, -0.2) is 47.0 Å². The second kappa shape index (κ2) is 8.79. The molecule has 0 bridgehead atoms. The Morgan fingerprint density at radius 2 is 1.91 bits per heavy atom. The highest BCUT2D eigenvalue weighted by molar-refractivity contribution is 7.20. The average molecular weight is 451 g/mol. The number of carbonyl (C=O) groups excluding carboxylic acids is 1. The minimum atomic E-state index is 0.0288. The minimum absolute atomic E-state index is 0.0288. The number of aryl methyl sites for hydroxylation is 2. The fourth-order valence-electron chi connectivity index (χ4n) is 4.66. The van der Waals surface area contributed by atoms with Crippen LogP contribution in [0.3, 0.4) is 0 Å². The minimum Gasteiger partial charge on any atom is -0.496 e. The van der Waals surface area contributed by atoms with Gasteiger partial charge in [-0.1, -0.05) is 18.2 Å². The predicted octanol–water partition coefficient (Wildman–Crippen LogP) is 4.59. The quantitative estimate of drug-likeness (QED) is 0.595. The van der Waals surface area contributed by atoms with E-state index in [9.17, 15) is 4.79 Å². The van der Waals surface area contributed by atoms with Gasteiger partial charge in [-0.15, -0.1) is 11.3 Å². The highest BCUT2D eigenvalue weighted by atomic mass is 32.1. The second-order valence-electron chi connectivity index (χ2n) is 9.01. The van der Waals surface area contributed by atoms with Crippen LogP contribution in [0.1, 0.15) is 63.9 Å². The molecule has 2 aromatic heterocycles. The van der Waals surface area contributed by atoms with Gasteiger partial charge in [-0.05, 0) is 51.2 Å². The molecule has 32 heavy (non-hydrogen) atoms. The van der Waals surface area contributed by atoms with Gasteiger partial charge >= 0.3 is 0 Å². The van der Waals surface area contributed by atoms with Crippen molar-refractivity contribution in [3.63, 3.8) is 0 Å². The summed E-state index contributed by atoms with van der Waals surface area (Å²) in [5.41, 5.74) is 3.21. The number of nitrogens with one attached hydrogen (secondary N) is 1. The summed E-state index contributed by atoms with van der Waals surface area (Å²) in [6, 6.07) is 8.39. The summed E-state index contributed by atoms with van der Waals surface area (Å²) in [6.07, 6.45) is 4.27. The molecule has 1 aromatic carbocycles. The third kappa shape index (κ3) is 4.24. The third-order valence-electron chi connectivity index (χ3n) is 6.65. The molecule has 0 unspecified atom stereocenters. The van der Waals surface area contributed by atoms with Crippen molar-refractivity contribution in [2.45, 2.75) is 58.0 Å². The van der Waals surface area contributed by atoms with Crippen molar-refractivity contribution < 1.29 is 9.53 Å². The van der Waals surface area contributed by atoms with E-state index in [1.165, 1.54) is 29.7 Å². The molecule has 5 rings (SSSR count). The Morgan fingerprint density at radius 3 is 2.62 bits per heavy atom. The van der Waals surface area contributed by atoms with Crippen molar-refractivity contribution in [3.8, 4) is 5.75 Å². The molecule has 2 fully saturated rings. The first-order valence-electron chi connectivity index (χ1n) is 11.5. The number of nitrogens with zero attached hydrogens (tertiary/aromatic N) is 3. The molecule has 168 valence electrons. The van der Waals surface area contributed by atoms with Gasteiger partial charge in [-0.3, -0.25) is 9.69 Å². The molecule has 1 N–H and O–H groups in total. The Bertz CT molecular complexity index is 1150. The van der Waals surface area contributed by atoms with Crippen LogP contribution in [-0.2, 0) is 6.54 Å². The van der Waals surface area contributed by atoms with E-state index in [-0.39, 0.29) is 11.9 Å². The first-order chi connectivity index (χ1) is 15.5. The van der Waals surface area contributed by atoms with Gasteiger partial charge in [0.2, 0.25) is 0 Å². The van der Waals surface area contributed by atoms with Gasteiger partial charge in [0.1, 0.15) is 16.4 Å². The Labute approximate surface area is 193 Å². The molecule has 3 aromatic rings. The first-order valence-corrected chi connectivity index (χ1v) is 12.3. The Hall–Kier alpha value is -2.51. The molecule has 3 heterocycles. The molecule has 6 nitrogen and oxygen atoms in total. The summed E-state index contributed by atoms with van der Waals surface area (Å²) in [6.45, 7) is 6.86. The van der Waals surface area contributed by atoms with Crippen LogP contribution in [0.15, 0.2) is 24.3 Å². The topological polar surface area (TPSA) is 67.3 Å². The van der Waals surface area contributed by atoms with Crippen LogP contribution < -0.4 is 10.1 Å². The van der Waals surface area contributed by atoms with Gasteiger partial charge in [0.15, 0.2) is 0 Å². The number of fused-ring (bicyclic) bond motifs is 1. The number of piperidine rings is 1. The average Bonchev–Trinajstić information content (AvgIpc) is 3.59. The van der Waals surface area contributed by atoms with Crippen LogP contribution >= 0.6 is 11.3 Å². The van der Waals surface area contributed by atoms with Crippen molar-refractivity contribution in [3.05, 3.63) is 51.8 Å². The predicted molar refractivity (Wildman–Crippen MR) is 128 cm³/mol. The smallest absolute Gasteiger partial charge is 0.261 e. The van der Waals surface area contributed by atoms with Crippen LogP contribution in [0.25, 0.3) is 10.2 Å². The van der Waals surface area contributed by atoms with E-state index in [4.69, 9.17) is 14.7 Å². The van der Waals surface area contributed by atoms with Gasteiger partial charge in [-0.25, -0.2) is 9.97 Å². The monoisotopic (exact) mass is 450 g/mol. The molecule has 0 radical (unpaired) electrons. The van der Waals surface area contributed by atoms with Crippen molar-refractivity contribution in [1.29, 1.82) is 0 Å². The van der Waals surface area contributed by atoms with Crippen molar-refractivity contribution in [2.24, 2.45) is 0 Å². The number of amides is 1. The number of carbonyl (C=O) groups is 1. The molecule has 7 heteroatoms. The number of hydrogen-bond acceptors (Lipinski definition) is 6.